The Morgan fingerprint density at radius 2 is 1.78 bits per heavy atom. The van der Waals surface area contributed by atoms with Gasteiger partial charge >= 0.3 is 0 Å². The number of pyridine rings is 1. The first-order valence-electron chi connectivity index (χ1n) is 5.74. The van der Waals surface area contributed by atoms with Gasteiger partial charge in [0, 0.05) is 30.9 Å². The van der Waals surface area contributed by atoms with Gasteiger partial charge in [-0.2, -0.15) is 0 Å². The van der Waals surface area contributed by atoms with Crippen molar-refractivity contribution in [3.8, 4) is 0 Å². The SMILES string of the molecule is Cn1c(=O)cc(Nn2cccc2)c2ccccc21. The minimum Gasteiger partial charge on any atom is -0.311 e. The summed E-state index contributed by atoms with van der Waals surface area (Å²) in [5.41, 5.74) is 4.90. The Balaban J connectivity index is 2.23. The molecule has 1 N–H and O–H groups in total. The van der Waals surface area contributed by atoms with E-state index in [9.17, 15) is 4.79 Å². The Bertz CT molecular complexity index is 741. The van der Waals surface area contributed by atoms with Gasteiger partial charge in [-0.1, -0.05) is 18.2 Å². The minimum atomic E-state index is -0.0247. The molecule has 3 rings (SSSR count). The molecule has 0 aliphatic rings. The Labute approximate surface area is 104 Å². The predicted molar refractivity (Wildman–Crippen MR) is 72.6 cm³/mol. The van der Waals surface area contributed by atoms with E-state index in [0.29, 0.717) is 0 Å². The molecule has 0 radical (unpaired) electrons. The summed E-state index contributed by atoms with van der Waals surface area (Å²) in [7, 11) is 1.78. The van der Waals surface area contributed by atoms with Crippen LogP contribution in [-0.4, -0.2) is 9.24 Å². The lowest BCUT2D eigenvalue weighted by Gasteiger charge is -2.12. The van der Waals surface area contributed by atoms with Gasteiger partial charge in [-0.25, -0.2) is 0 Å². The molecule has 3 aromatic rings. The number of rotatable bonds is 2. The summed E-state index contributed by atoms with van der Waals surface area (Å²) in [6, 6.07) is 13.3. The average molecular weight is 239 g/mol. The second-order valence-corrected chi connectivity index (χ2v) is 4.17. The van der Waals surface area contributed by atoms with E-state index < -0.39 is 0 Å². The number of anilines is 1. The maximum absolute atomic E-state index is 11.9. The first-order chi connectivity index (χ1) is 8.75. The summed E-state index contributed by atoms with van der Waals surface area (Å²) in [6.45, 7) is 0. The Hall–Kier alpha value is -2.49. The standard InChI is InChI=1S/C14H13N3O/c1-16-13-7-3-2-6-11(13)12(10-14(16)18)15-17-8-4-5-9-17/h2-10,15H,1H3. The third-order valence-corrected chi connectivity index (χ3v) is 3.01. The van der Waals surface area contributed by atoms with Crippen LogP contribution in [0, 0.1) is 0 Å². The van der Waals surface area contributed by atoms with Crippen LogP contribution in [-0.2, 0) is 7.05 Å². The third kappa shape index (κ3) is 1.68. The van der Waals surface area contributed by atoms with Crippen LogP contribution >= 0.6 is 0 Å². The van der Waals surface area contributed by atoms with Crippen LogP contribution in [0.25, 0.3) is 10.9 Å². The first-order valence-corrected chi connectivity index (χ1v) is 5.74. The van der Waals surface area contributed by atoms with E-state index in [-0.39, 0.29) is 5.56 Å². The van der Waals surface area contributed by atoms with Gasteiger partial charge in [0.05, 0.1) is 11.2 Å². The van der Waals surface area contributed by atoms with Crippen molar-refractivity contribution in [1.29, 1.82) is 0 Å². The number of fused-ring (bicyclic) bond motifs is 1. The Morgan fingerprint density at radius 1 is 1.06 bits per heavy atom. The molecule has 0 saturated heterocycles. The van der Waals surface area contributed by atoms with E-state index in [4.69, 9.17) is 0 Å². The predicted octanol–water partition coefficient (Wildman–Crippen LogP) is 2.22. The van der Waals surface area contributed by atoms with Gasteiger partial charge in [0.25, 0.3) is 5.56 Å². The summed E-state index contributed by atoms with van der Waals surface area (Å²) >= 11 is 0. The molecule has 0 saturated carbocycles. The molecule has 0 unspecified atom stereocenters. The van der Waals surface area contributed by atoms with Crippen molar-refractivity contribution in [3.05, 3.63) is 65.2 Å². The van der Waals surface area contributed by atoms with Crippen molar-refractivity contribution >= 4 is 16.6 Å². The summed E-state index contributed by atoms with van der Waals surface area (Å²) in [4.78, 5) is 11.9. The molecule has 0 aliphatic heterocycles. The number of hydrogen-bond donors (Lipinski definition) is 1. The fourth-order valence-corrected chi connectivity index (χ4v) is 2.05. The number of para-hydroxylation sites is 1. The first kappa shape index (κ1) is 10.7. The molecular weight excluding hydrogens is 226 g/mol. The molecule has 0 amide bonds. The quantitative estimate of drug-likeness (QED) is 0.744. The van der Waals surface area contributed by atoms with Crippen LogP contribution in [0.4, 0.5) is 5.69 Å². The van der Waals surface area contributed by atoms with Gasteiger partial charge in [0.2, 0.25) is 0 Å². The maximum Gasteiger partial charge on any atom is 0.252 e. The van der Waals surface area contributed by atoms with E-state index >= 15 is 0 Å². The van der Waals surface area contributed by atoms with Crippen molar-refractivity contribution in [3.63, 3.8) is 0 Å². The summed E-state index contributed by atoms with van der Waals surface area (Å²) in [5.74, 6) is 0. The molecular formula is C14H13N3O. The van der Waals surface area contributed by atoms with Crippen LogP contribution in [0.3, 0.4) is 0 Å². The summed E-state index contributed by atoms with van der Waals surface area (Å²) in [6.07, 6.45) is 3.79. The smallest absolute Gasteiger partial charge is 0.252 e. The van der Waals surface area contributed by atoms with Gasteiger partial charge < -0.3 is 4.57 Å². The van der Waals surface area contributed by atoms with E-state index in [0.717, 1.165) is 16.6 Å². The highest BCUT2D eigenvalue weighted by Crippen LogP contribution is 2.20. The van der Waals surface area contributed by atoms with Gasteiger partial charge in [-0.3, -0.25) is 14.9 Å². The molecule has 0 aliphatic carbocycles. The lowest BCUT2D eigenvalue weighted by atomic mass is 10.2. The van der Waals surface area contributed by atoms with Crippen molar-refractivity contribution in [2.45, 2.75) is 0 Å². The zero-order valence-corrected chi connectivity index (χ0v) is 10.00. The highest BCUT2D eigenvalue weighted by molar-refractivity contribution is 5.91. The normalized spacial score (nSPS) is 10.7. The number of benzene rings is 1. The van der Waals surface area contributed by atoms with Gasteiger partial charge in [-0.15, -0.1) is 0 Å². The van der Waals surface area contributed by atoms with Crippen LogP contribution in [0.2, 0.25) is 0 Å². The average Bonchev–Trinajstić information content (AvgIpc) is 2.89. The van der Waals surface area contributed by atoms with Crippen molar-refractivity contribution < 1.29 is 0 Å². The Kier molecular flexibility index (Phi) is 2.41. The van der Waals surface area contributed by atoms with Gasteiger partial charge in [-0.05, 0) is 18.2 Å². The number of aryl methyl sites for hydroxylation is 1. The lowest BCUT2D eigenvalue weighted by molar-refractivity contribution is 0.900. The van der Waals surface area contributed by atoms with Crippen LogP contribution < -0.4 is 11.0 Å². The molecule has 18 heavy (non-hydrogen) atoms. The largest absolute Gasteiger partial charge is 0.311 e. The zero-order chi connectivity index (χ0) is 12.5. The van der Waals surface area contributed by atoms with Crippen molar-refractivity contribution in [2.24, 2.45) is 7.05 Å². The van der Waals surface area contributed by atoms with E-state index in [1.54, 1.807) is 17.7 Å². The van der Waals surface area contributed by atoms with Crippen LogP contribution in [0.1, 0.15) is 0 Å². The molecule has 0 fully saturated rings. The Morgan fingerprint density at radius 3 is 2.56 bits per heavy atom. The fourth-order valence-electron chi connectivity index (χ4n) is 2.05. The molecule has 1 aromatic carbocycles. The van der Waals surface area contributed by atoms with Crippen molar-refractivity contribution in [2.75, 3.05) is 5.43 Å². The number of hydrogen-bond acceptors (Lipinski definition) is 2. The van der Waals surface area contributed by atoms with Crippen LogP contribution in [0.5, 0.6) is 0 Å². The topological polar surface area (TPSA) is 39.0 Å². The second-order valence-electron chi connectivity index (χ2n) is 4.17. The molecule has 0 atom stereocenters. The number of nitrogens with zero attached hydrogens (tertiary/aromatic N) is 2. The van der Waals surface area contributed by atoms with Gasteiger partial charge in [0.15, 0.2) is 0 Å². The highest BCUT2D eigenvalue weighted by atomic mass is 16.1. The zero-order valence-electron chi connectivity index (χ0n) is 10.00. The maximum atomic E-state index is 11.9. The molecule has 90 valence electrons. The van der Waals surface area contributed by atoms with Crippen LogP contribution in [0.15, 0.2) is 59.7 Å². The van der Waals surface area contributed by atoms with E-state index in [2.05, 4.69) is 5.43 Å². The van der Waals surface area contributed by atoms with Crippen molar-refractivity contribution in [1.82, 2.24) is 9.24 Å². The van der Waals surface area contributed by atoms with E-state index in [1.807, 2.05) is 53.5 Å². The number of aromatic nitrogens is 2. The number of nitrogens with one attached hydrogen (secondary N) is 1. The van der Waals surface area contributed by atoms with Gasteiger partial charge in [0.1, 0.15) is 0 Å². The molecule has 2 aromatic heterocycles. The molecule has 4 heteroatoms. The molecule has 4 nitrogen and oxygen atoms in total. The summed E-state index contributed by atoms with van der Waals surface area (Å²) < 4.78 is 3.47. The summed E-state index contributed by atoms with van der Waals surface area (Å²) in [5, 5.41) is 1.02. The molecule has 0 spiro atoms. The molecule has 2 heterocycles. The molecule has 0 bridgehead atoms. The van der Waals surface area contributed by atoms with E-state index in [1.165, 1.54) is 0 Å². The minimum absolute atomic E-state index is 0.0247. The third-order valence-electron chi connectivity index (χ3n) is 3.01. The monoisotopic (exact) mass is 239 g/mol. The highest BCUT2D eigenvalue weighted by Gasteiger charge is 2.05. The lowest BCUT2D eigenvalue weighted by Crippen LogP contribution is -2.18. The fraction of sp³-hybridized carbons (Fsp3) is 0.0714. The second kappa shape index (κ2) is 4.07.